The summed E-state index contributed by atoms with van der Waals surface area (Å²) in [4.78, 5) is 0. The van der Waals surface area contributed by atoms with Crippen LogP contribution in [0.1, 0.15) is 43.4 Å². The Bertz CT molecular complexity index is 641. The number of ether oxygens (including phenoxy) is 1. The summed E-state index contributed by atoms with van der Waals surface area (Å²) in [6.45, 7) is 0.0975. The van der Waals surface area contributed by atoms with Crippen LogP contribution >= 0.6 is 11.6 Å². The van der Waals surface area contributed by atoms with Crippen LogP contribution in [0.15, 0.2) is 22.6 Å². The van der Waals surface area contributed by atoms with E-state index in [2.05, 4.69) is 10.2 Å². The molecule has 0 amide bonds. The van der Waals surface area contributed by atoms with Crippen LogP contribution in [0.25, 0.3) is 0 Å². The van der Waals surface area contributed by atoms with Crippen molar-refractivity contribution < 1.29 is 13.5 Å². The van der Waals surface area contributed by atoms with E-state index in [1.165, 1.54) is 12.1 Å². The third kappa shape index (κ3) is 3.56. The second-order valence-electron chi connectivity index (χ2n) is 5.51. The van der Waals surface area contributed by atoms with Crippen LogP contribution in [0.5, 0.6) is 5.75 Å². The molecule has 5 nitrogen and oxygen atoms in total. The van der Waals surface area contributed by atoms with Gasteiger partial charge in [-0.05, 0) is 37.8 Å². The summed E-state index contributed by atoms with van der Waals surface area (Å²) in [7, 11) is 0. The molecule has 0 radical (unpaired) electrons. The third-order valence-electron chi connectivity index (χ3n) is 3.86. The van der Waals surface area contributed by atoms with E-state index in [-0.39, 0.29) is 23.6 Å². The average Bonchev–Trinajstić information content (AvgIpc) is 2.98. The summed E-state index contributed by atoms with van der Waals surface area (Å²) >= 11 is 5.62. The first-order chi connectivity index (χ1) is 10.6. The van der Waals surface area contributed by atoms with Gasteiger partial charge < -0.3 is 14.9 Å². The van der Waals surface area contributed by atoms with Crippen molar-refractivity contribution in [3.8, 4) is 5.75 Å². The van der Waals surface area contributed by atoms with Gasteiger partial charge in [0.15, 0.2) is 6.61 Å². The molecule has 0 unspecified atom stereocenters. The molecule has 1 aromatic carbocycles. The molecular formula is C15H17ClFN3O2. The summed E-state index contributed by atoms with van der Waals surface area (Å²) in [6, 6.07) is 4.53. The van der Waals surface area contributed by atoms with Crippen molar-refractivity contribution in [3.05, 3.63) is 40.8 Å². The average molecular weight is 326 g/mol. The Morgan fingerprint density at radius 3 is 2.77 bits per heavy atom. The van der Waals surface area contributed by atoms with Gasteiger partial charge in [0.05, 0.1) is 5.02 Å². The van der Waals surface area contributed by atoms with Crippen LogP contribution in [-0.2, 0) is 6.61 Å². The fourth-order valence-electron chi connectivity index (χ4n) is 2.57. The molecule has 0 atom stereocenters. The van der Waals surface area contributed by atoms with Gasteiger partial charge in [0.1, 0.15) is 11.6 Å². The molecule has 118 valence electrons. The fourth-order valence-corrected chi connectivity index (χ4v) is 2.69. The molecule has 7 heteroatoms. The fraction of sp³-hybridized carbons (Fsp3) is 0.467. The Hall–Kier alpha value is -1.66. The van der Waals surface area contributed by atoms with E-state index in [0.29, 0.717) is 17.5 Å². The Morgan fingerprint density at radius 2 is 2.05 bits per heavy atom. The highest BCUT2D eigenvalue weighted by molar-refractivity contribution is 6.30. The Morgan fingerprint density at radius 1 is 1.27 bits per heavy atom. The predicted molar refractivity (Wildman–Crippen MR) is 79.2 cm³/mol. The van der Waals surface area contributed by atoms with Gasteiger partial charge in [-0.1, -0.05) is 11.6 Å². The van der Waals surface area contributed by atoms with Crippen LogP contribution in [0.4, 0.5) is 4.39 Å². The molecule has 0 spiro atoms. The summed E-state index contributed by atoms with van der Waals surface area (Å²) in [6.07, 6.45) is 3.88. The Labute approximate surface area is 132 Å². The van der Waals surface area contributed by atoms with Gasteiger partial charge in [0.25, 0.3) is 5.89 Å². The first-order valence-electron chi connectivity index (χ1n) is 7.27. The highest BCUT2D eigenvalue weighted by atomic mass is 35.5. The van der Waals surface area contributed by atoms with Gasteiger partial charge in [-0.25, -0.2) is 4.39 Å². The van der Waals surface area contributed by atoms with Crippen molar-refractivity contribution in [1.82, 2.24) is 10.2 Å². The standard InChI is InChI=1S/C15H17ClFN3O2/c16-12-6-5-11(7-13(12)17)21-8-14-19-20-15(22-14)9-1-3-10(18)4-2-9/h5-7,9-10H,1-4,8,18H2. The highest BCUT2D eigenvalue weighted by Crippen LogP contribution is 2.31. The van der Waals surface area contributed by atoms with E-state index < -0.39 is 5.82 Å². The van der Waals surface area contributed by atoms with Gasteiger partial charge in [-0.2, -0.15) is 0 Å². The molecule has 0 aliphatic heterocycles. The molecule has 0 bridgehead atoms. The van der Waals surface area contributed by atoms with E-state index in [1.54, 1.807) is 6.07 Å². The molecule has 1 aliphatic rings. The lowest BCUT2D eigenvalue weighted by molar-refractivity contribution is 0.249. The minimum atomic E-state index is -0.524. The van der Waals surface area contributed by atoms with Crippen LogP contribution in [0.3, 0.4) is 0 Å². The normalized spacial score (nSPS) is 21.8. The number of rotatable bonds is 4. The summed E-state index contributed by atoms with van der Waals surface area (Å²) in [5, 5.41) is 8.11. The lowest BCUT2D eigenvalue weighted by atomic mass is 9.86. The monoisotopic (exact) mass is 325 g/mol. The topological polar surface area (TPSA) is 74.2 Å². The number of aromatic nitrogens is 2. The first kappa shape index (κ1) is 15.2. The number of nitrogens with two attached hydrogens (primary N) is 1. The van der Waals surface area contributed by atoms with Crippen molar-refractivity contribution in [3.63, 3.8) is 0 Å². The van der Waals surface area contributed by atoms with E-state index in [0.717, 1.165) is 25.7 Å². The zero-order valence-electron chi connectivity index (χ0n) is 12.0. The second-order valence-corrected chi connectivity index (χ2v) is 5.92. The number of benzene rings is 1. The maximum absolute atomic E-state index is 13.3. The zero-order chi connectivity index (χ0) is 15.5. The zero-order valence-corrected chi connectivity index (χ0v) is 12.7. The van der Waals surface area contributed by atoms with Gasteiger partial charge in [0.2, 0.25) is 5.89 Å². The number of hydrogen-bond acceptors (Lipinski definition) is 5. The van der Waals surface area contributed by atoms with E-state index >= 15 is 0 Å². The quantitative estimate of drug-likeness (QED) is 0.932. The van der Waals surface area contributed by atoms with E-state index in [1.807, 2.05) is 0 Å². The first-order valence-corrected chi connectivity index (χ1v) is 7.65. The predicted octanol–water partition coefficient (Wildman–Crippen LogP) is 3.43. The van der Waals surface area contributed by atoms with E-state index in [9.17, 15) is 4.39 Å². The van der Waals surface area contributed by atoms with E-state index in [4.69, 9.17) is 26.5 Å². The Balaban J connectivity index is 1.58. The van der Waals surface area contributed by atoms with Crippen LogP contribution in [-0.4, -0.2) is 16.2 Å². The molecule has 3 rings (SSSR count). The second kappa shape index (κ2) is 6.62. The minimum absolute atomic E-state index is 0.0583. The minimum Gasteiger partial charge on any atom is -0.484 e. The van der Waals surface area contributed by atoms with Gasteiger partial charge >= 0.3 is 0 Å². The Kier molecular flexibility index (Phi) is 4.59. The lowest BCUT2D eigenvalue weighted by Gasteiger charge is -2.23. The molecule has 0 saturated heterocycles. The molecule has 1 aliphatic carbocycles. The van der Waals surface area contributed by atoms with Crippen molar-refractivity contribution >= 4 is 11.6 Å². The largest absolute Gasteiger partial charge is 0.484 e. The maximum Gasteiger partial charge on any atom is 0.253 e. The summed E-state index contributed by atoms with van der Waals surface area (Å²) in [5.74, 6) is 1.12. The lowest BCUT2D eigenvalue weighted by Crippen LogP contribution is -2.25. The smallest absolute Gasteiger partial charge is 0.253 e. The molecular weight excluding hydrogens is 309 g/mol. The SMILES string of the molecule is NC1CCC(c2nnc(COc3ccc(Cl)c(F)c3)o2)CC1. The van der Waals surface area contributed by atoms with Crippen LogP contribution in [0, 0.1) is 5.82 Å². The van der Waals surface area contributed by atoms with Gasteiger partial charge in [0, 0.05) is 18.0 Å². The summed E-state index contributed by atoms with van der Waals surface area (Å²) in [5.41, 5.74) is 5.89. The summed E-state index contributed by atoms with van der Waals surface area (Å²) < 4.78 is 24.4. The maximum atomic E-state index is 13.3. The molecule has 2 aromatic rings. The molecule has 22 heavy (non-hydrogen) atoms. The van der Waals surface area contributed by atoms with Gasteiger partial charge in [-0.15, -0.1) is 10.2 Å². The van der Waals surface area contributed by atoms with Crippen molar-refractivity contribution in [2.24, 2.45) is 5.73 Å². The molecule has 1 fully saturated rings. The van der Waals surface area contributed by atoms with Crippen molar-refractivity contribution in [2.45, 2.75) is 44.2 Å². The number of hydrogen-bond donors (Lipinski definition) is 1. The van der Waals surface area contributed by atoms with Crippen LogP contribution < -0.4 is 10.5 Å². The molecule has 1 heterocycles. The number of nitrogens with zero attached hydrogens (tertiary/aromatic N) is 2. The van der Waals surface area contributed by atoms with Crippen LogP contribution in [0.2, 0.25) is 5.02 Å². The molecule has 1 saturated carbocycles. The van der Waals surface area contributed by atoms with Crippen molar-refractivity contribution in [2.75, 3.05) is 0 Å². The molecule has 2 N–H and O–H groups in total. The number of halogens is 2. The molecule has 1 aromatic heterocycles. The van der Waals surface area contributed by atoms with Crippen molar-refractivity contribution in [1.29, 1.82) is 0 Å². The highest BCUT2D eigenvalue weighted by Gasteiger charge is 2.24. The van der Waals surface area contributed by atoms with Gasteiger partial charge in [-0.3, -0.25) is 0 Å². The third-order valence-corrected chi connectivity index (χ3v) is 4.16.